The number of methoxy groups -OCH3 is 1. The second-order valence-electron chi connectivity index (χ2n) is 4.21. The van der Waals surface area contributed by atoms with Crippen LogP contribution in [0.1, 0.15) is 5.56 Å². The van der Waals surface area contributed by atoms with Gasteiger partial charge in [0.1, 0.15) is 5.75 Å². The Labute approximate surface area is 116 Å². The molecular weight excluding hydrogens is 261 g/mol. The lowest BCUT2D eigenvalue weighted by atomic mass is 10.1. The first kappa shape index (κ1) is 14.1. The molecule has 0 heterocycles. The van der Waals surface area contributed by atoms with E-state index in [-0.39, 0.29) is 18.0 Å². The number of halogens is 1. The Hall–Kier alpha value is -2.27. The zero-order chi connectivity index (χ0) is 14.5. The minimum absolute atomic E-state index is 0.0165. The van der Waals surface area contributed by atoms with Crippen LogP contribution in [0.3, 0.4) is 0 Å². The fraction of sp³-hybridized carbons (Fsp3) is 0.200. The van der Waals surface area contributed by atoms with Gasteiger partial charge in [-0.25, -0.2) is 4.39 Å². The monoisotopic (exact) mass is 277 g/mol. The van der Waals surface area contributed by atoms with Gasteiger partial charge in [-0.05, 0) is 18.1 Å². The van der Waals surface area contributed by atoms with E-state index in [4.69, 9.17) is 20.3 Å². The number of hydrogen-bond acceptors (Lipinski definition) is 4. The summed E-state index contributed by atoms with van der Waals surface area (Å²) < 4.78 is 24.1. The average molecular weight is 277 g/mol. The van der Waals surface area contributed by atoms with Gasteiger partial charge in [0.25, 0.3) is 0 Å². The summed E-state index contributed by atoms with van der Waals surface area (Å²) in [5.74, 6) is 0.408. The molecule has 0 amide bonds. The number of aliphatic hydroxyl groups is 1. The van der Waals surface area contributed by atoms with Gasteiger partial charge in [0.15, 0.2) is 17.3 Å². The fourth-order valence-electron chi connectivity index (χ4n) is 1.84. The van der Waals surface area contributed by atoms with Crippen molar-refractivity contribution in [2.45, 2.75) is 6.42 Å². The quantitative estimate of drug-likeness (QED) is 0.825. The molecule has 0 spiro atoms. The molecule has 0 atom stereocenters. The van der Waals surface area contributed by atoms with E-state index in [2.05, 4.69) is 0 Å². The van der Waals surface area contributed by atoms with Gasteiger partial charge in [-0.15, -0.1) is 0 Å². The van der Waals surface area contributed by atoms with E-state index < -0.39 is 5.82 Å². The van der Waals surface area contributed by atoms with Gasteiger partial charge in [-0.3, -0.25) is 0 Å². The van der Waals surface area contributed by atoms with Crippen molar-refractivity contribution >= 4 is 5.69 Å². The molecule has 20 heavy (non-hydrogen) atoms. The van der Waals surface area contributed by atoms with Gasteiger partial charge >= 0.3 is 0 Å². The van der Waals surface area contributed by atoms with Crippen LogP contribution in [0, 0.1) is 5.82 Å². The van der Waals surface area contributed by atoms with Crippen LogP contribution >= 0.6 is 0 Å². The SMILES string of the molecule is COc1cc(Oc2ccccc2CCO)c(N)cc1F. The summed E-state index contributed by atoms with van der Waals surface area (Å²) in [4.78, 5) is 0. The van der Waals surface area contributed by atoms with Gasteiger partial charge < -0.3 is 20.3 Å². The van der Waals surface area contributed by atoms with E-state index in [0.29, 0.717) is 17.9 Å². The average Bonchev–Trinajstić information content (AvgIpc) is 2.44. The normalized spacial score (nSPS) is 10.3. The number of nitrogens with two attached hydrogens (primary N) is 1. The van der Waals surface area contributed by atoms with Gasteiger partial charge in [0, 0.05) is 18.7 Å². The van der Waals surface area contributed by atoms with E-state index in [0.717, 1.165) is 11.6 Å². The summed E-state index contributed by atoms with van der Waals surface area (Å²) in [6.45, 7) is 0.0165. The third-order valence-electron chi connectivity index (χ3n) is 2.86. The minimum Gasteiger partial charge on any atom is -0.494 e. The molecule has 0 radical (unpaired) electrons. The van der Waals surface area contributed by atoms with Crippen molar-refractivity contribution in [3.05, 3.63) is 47.8 Å². The predicted octanol–water partition coefficient (Wildman–Crippen LogP) is 2.74. The second-order valence-corrected chi connectivity index (χ2v) is 4.21. The van der Waals surface area contributed by atoms with E-state index >= 15 is 0 Å². The highest BCUT2D eigenvalue weighted by Crippen LogP contribution is 2.34. The molecular formula is C15H16FNO3. The first-order valence-corrected chi connectivity index (χ1v) is 6.15. The molecule has 3 N–H and O–H groups in total. The van der Waals surface area contributed by atoms with Crippen molar-refractivity contribution in [1.82, 2.24) is 0 Å². The second kappa shape index (κ2) is 6.25. The molecule has 0 aliphatic rings. The largest absolute Gasteiger partial charge is 0.494 e. The Kier molecular flexibility index (Phi) is 4.42. The third kappa shape index (κ3) is 3.00. The third-order valence-corrected chi connectivity index (χ3v) is 2.86. The van der Waals surface area contributed by atoms with Gasteiger partial charge in [-0.1, -0.05) is 18.2 Å². The van der Waals surface area contributed by atoms with Crippen LogP contribution in [0.4, 0.5) is 10.1 Å². The van der Waals surface area contributed by atoms with Crippen molar-refractivity contribution in [2.75, 3.05) is 19.5 Å². The smallest absolute Gasteiger partial charge is 0.167 e. The van der Waals surface area contributed by atoms with Crippen molar-refractivity contribution < 1.29 is 19.0 Å². The molecule has 0 fully saturated rings. The number of benzene rings is 2. The topological polar surface area (TPSA) is 64.7 Å². The van der Waals surface area contributed by atoms with Crippen LogP contribution in [0.25, 0.3) is 0 Å². The Morgan fingerprint density at radius 3 is 2.60 bits per heavy atom. The molecule has 4 nitrogen and oxygen atoms in total. The molecule has 2 rings (SSSR count). The minimum atomic E-state index is -0.541. The summed E-state index contributed by atoms with van der Waals surface area (Å²) in [5.41, 5.74) is 6.77. The maximum Gasteiger partial charge on any atom is 0.167 e. The van der Waals surface area contributed by atoms with E-state index in [1.165, 1.54) is 13.2 Å². The number of hydrogen-bond donors (Lipinski definition) is 2. The lowest BCUT2D eigenvalue weighted by molar-refractivity contribution is 0.298. The van der Waals surface area contributed by atoms with Crippen LogP contribution in [0.2, 0.25) is 0 Å². The molecule has 5 heteroatoms. The van der Waals surface area contributed by atoms with Crippen LogP contribution in [0.5, 0.6) is 17.2 Å². The molecule has 106 valence electrons. The number of nitrogen functional groups attached to an aromatic ring is 1. The van der Waals surface area contributed by atoms with Crippen LogP contribution in [-0.4, -0.2) is 18.8 Å². The highest BCUT2D eigenvalue weighted by molar-refractivity contribution is 5.58. The molecule has 2 aromatic carbocycles. The molecule has 0 aliphatic heterocycles. The fourth-order valence-corrected chi connectivity index (χ4v) is 1.84. The summed E-state index contributed by atoms with van der Waals surface area (Å²) in [7, 11) is 1.37. The highest BCUT2D eigenvalue weighted by atomic mass is 19.1. The summed E-state index contributed by atoms with van der Waals surface area (Å²) in [6, 6.07) is 9.84. The Bertz CT molecular complexity index is 602. The Morgan fingerprint density at radius 1 is 1.15 bits per heavy atom. The molecule has 0 bridgehead atoms. The zero-order valence-electron chi connectivity index (χ0n) is 11.1. The van der Waals surface area contributed by atoms with Gasteiger partial charge in [0.2, 0.25) is 0 Å². The van der Waals surface area contributed by atoms with E-state index in [1.54, 1.807) is 6.07 Å². The van der Waals surface area contributed by atoms with Gasteiger partial charge in [-0.2, -0.15) is 0 Å². The number of para-hydroxylation sites is 1. The van der Waals surface area contributed by atoms with Gasteiger partial charge in [0.05, 0.1) is 12.8 Å². The first-order chi connectivity index (χ1) is 9.65. The molecule has 2 aromatic rings. The van der Waals surface area contributed by atoms with Crippen molar-refractivity contribution in [3.63, 3.8) is 0 Å². The van der Waals surface area contributed by atoms with Crippen LogP contribution in [0.15, 0.2) is 36.4 Å². The highest BCUT2D eigenvalue weighted by Gasteiger charge is 2.11. The summed E-state index contributed by atoms with van der Waals surface area (Å²) in [6.07, 6.45) is 0.467. The lowest BCUT2D eigenvalue weighted by Crippen LogP contribution is -1.99. The molecule has 0 saturated heterocycles. The first-order valence-electron chi connectivity index (χ1n) is 6.15. The maximum atomic E-state index is 13.5. The molecule has 0 saturated carbocycles. The van der Waals surface area contributed by atoms with E-state index in [9.17, 15) is 4.39 Å². The van der Waals surface area contributed by atoms with E-state index in [1.807, 2.05) is 18.2 Å². The number of anilines is 1. The Morgan fingerprint density at radius 2 is 1.90 bits per heavy atom. The Balaban J connectivity index is 2.35. The molecule has 0 aromatic heterocycles. The maximum absolute atomic E-state index is 13.5. The summed E-state index contributed by atoms with van der Waals surface area (Å²) in [5, 5.41) is 9.03. The van der Waals surface area contributed by atoms with Crippen LogP contribution < -0.4 is 15.2 Å². The summed E-state index contributed by atoms with van der Waals surface area (Å²) >= 11 is 0. The molecule has 0 aliphatic carbocycles. The number of rotatable bonds is 5. The number of ether oxygens (including phenoxy) is 2. The van der Waals surface area contributed by atoms with Crippen molar-refractivity contribution in [1.29, 1.82) is 0 Å². The zero-order valence-corrected chi connectivity index (χ0v) is 11.1. The van der Waals surface area contributed by atoms with Crippen molar-refractivity contribution in [3.8, 4) is 17.2 Å². The lowest BCUT2D eigenvalue weighted by Gasteiger charge is -2.13. The molecule has 0 unspecified atom stereocenters. The predicted molar refractivity (Wildman–Crippen MR) is 74.7 cm³/mol. The van der Waals surface area contributed by atoms with Crippen LogP contribution in [-0.2, 0) is 6.42 Å². The number of aliphatic hydroxyl groups excluding tert-OH is 1. The van der Waals surface area contributed by atoms with Crippen molar-refractivity contribution in [2.24, 2.45) is 0 Å². The standard InChI is InChI=1S/C15H16FNO3/c1-19-14-9-15(12(17)8-11(14)16)20-13-5-3-2-4-10(13)6-7-18/h2-5,8-9,18H,6-7,17H2,1H3.